The van der Waals surface area contributed by atoms with Gasteiger partial charge in [0.1, 0.15) is 5.75 Å². The molecule has 2 aromatic rings. The lowest BCUT2D eigenvalue weighted by molar-refractivity contribution is -0.134. The van der Waals surface area contributed by atoms with Gasteiger partial charge in [-0.15, -0.1) is 0 Å². The lowest BCUT2D eigenvalue weighted by atomic mass is 9.73. The minimum atomic E-state index is -0.389. The summed E-state index contributed by atoms with van der Waals surface area (Å²) < 4.78 is 17.1. The minimum absolute atomic E-state index is 0.108. The van der Waals surface area contributed by atoms with E-state index in [0.717, 1.165) is 74.4 Å². The van der Waals surface area contributed by atoms with Crippen LogP contribution in [0, 0.1) is 12.3 Å². The van der Waals surface area contributed by atoms with E-state index < -0.39 is 0 Å². The van der Waals surface area contributed by atoms with E-state index in [0.29, 0.717) is 37.4 Å². The van der Waals surface area contributed by atoms with Gasteiger partial charge < -0.3 is 24.8 Å². The molecule has 38 heavy (non-hydrogen) atoms. The van der Waals surface area contributed by atoms with Crippen LogP contribution >= 0.6 is 0 Å². The first-order chi connectivity index (χ1) is 18.5. The number of fused-ring (bicyclic) bond motifs is 1. The Balaban J connectivity index is 1.40. The molecule has 2 amide bonds. The number of nitrogens with zero attached hydrogens (tertiary/aromatic N) is 1. The second-order valence-electron chi connectivity index (χ2n) is 10.3. The molecule has 2 N–H and O–H groups in total. The predicted molar refractivity (Wildman–Crippen MR) is 147 cm³/mol. The molecular formula is C30H41N3O5. The van der Waals surface area contributed by atoms with E-state index in [9.17, 15) is 9.59 Å². The quantitative estimate of drug-likeness (QED) is 0.628. The zero-order valence-electron chi connectivity index (χ0n) is 22.9. The van der Waals surface area contributed by atoms with Crippen molar-refractivity contribution in [1.82, 2.24) is 15.5 Å². The molecule has 8 nitrogen and oxygen atoms in total. The Labute approximate surface area is 226 Å². The normalized spacial score (nSPS) is 19.2. The minimum Gasteiger partial charge on any atom is -0.493 e. The summed E-state index contributed by atoms with van der Waals surface area (Å²) in [6.45, 7) is 5.94. The van der Waals surface area contributed by atoms with Crippen LogP contribution in [0.3, 0.4) is 0 Å². The molecule has 0 unspecified atom stereocenters. The Morgan fingerprint density at radius 3 is 2.45 bits per heavy atom. The van der Waals surface area contributed by atoms with Crippen LogP contribution in [0.15, 0.2) is 36.4 Å². The number of hydrogen-bond donors (Lipinski definition) is 2. The molecule has 0 bridgehead atoms. The highest BCUT2D eigenvalue weighted by Crippen LogP contribution is 2.39. The highest BCUT2D eigenvalue weighted by atomic mass is 16.5. The number of ether oxygens (including phenoxy) is 3. The predicted octanol–water partition coefficient (Wildman–Crippen LogP) is 4.09. The van der Waals surface area contributed by atoms with Crippen molar-refractivity contribution < 1.29 is 23.8 Å². The fourth-order valence-corrected chi connectivity index (χ4v) is 5.59. The maximum atomic E-state index is 13.5. The third-order valence-corrected chi connectivity index (χ3v) is 7.85. The molecule has 1 saturated heterocycles. The smallest absolute Gasteiger partial charge is 0.255 e. The third-order valence-electron chi connectivity index (χ3n) is 7.85. The second-order valence-corrected chi connectivity index (χ2v) is 10.3. The first-order valence-corrected chi connectivity index (χ1v) is 13.7. The van der Waals surface area contributed by atoms with Crippen LogP contribution < -0.4 is 24.8 Å². The number of nitrogens with one attached hydrogen (secondary N) is 2. The van der Waals surface area contributed by atoms with Gasteiger partial charge in [-0.2, -0.15) is 0 Å². The van der Waals surface area contributed by atoms with Gasteiger partial charge in [-0.1, -0.05) is 30.7 Å². The summed E-state index contributed by atoms with van der Waals surface area (Å²) >= 11 is 0. The first-order valence-electron chi connectivity index (χ1n) is 13.7. The van der Waals surface area contributed by atoms with Crippen LogP contribution in [-0.2, 0) is 11.3 Å². The van der Waals surface area contributed by atoms with Crippen molar-refractivity contribution in [3.8, 4) is 17.2 Å². The van der Waals surface area contributed by atoms with Gasteiger partial charge in [-0.3, -0.25) is 14.5 Å². The average Bonchev–Trinajstić information content (AvgIpc) is 2.93. The topological polar surface area (TPSA) is 89.1 Å². The van der Waals surface area contributed by atoms with E-state index in [-0.39, 0.29) is 17.2 Å². The van der Waals surface area contributed by atoms with Crippen molar-refractivity contribution in [2.45, 2.75) is 52.0 Å². The molecule has 0 aromatic heterocycles. The number of aryl methyl sites for hydroxylation is 1. The molecule has 1 fully saturated rings. The Morgan fingerprint density at radius 2 is 1.68 bits per heavy atom. The van der Waals surface area contributed by atoms with E-state index in [1.54, 1.807) is 20.3 Å². The van der Waals surface area contributed by atoms with Gasteiger partial charge in [0.05, 0.1) is 31.8 Å². The van der Waals surface area contributed by atoms with Crippen LogP contribution in [0.1, 0.15) is 60.0 Å². The zero-order valence-corrected chi connectivity index (χ0v) is 22.9. The Bertz CT molecular complexity index is 1110. The third kappa shape index (κ3) is 6.41. The standard InChI is InChI=1S/C30H41N3O5/c1-22-9-6-11-24-26(22)38-20-8-17-32-29(35)30(13-4-5-16-31-28(24)34)14-18-33(19-15-30)21-23-10-7-12-25(36-2)27(23)37-3/h6-7,9-12H,4-5,8,13-21H2,1-3H3,(H,31,34)(H,32,35). The van der Waals surface area contributed by atoms with Crippen molar-refractivity contribution in [1.29, 1.82) is 0 Å². The summed E-state index contributed by atoms with van der Waals surface area (Å²) in [5.74, 6) is 2.16. The number of piperidine rings is 1. The molecule has 0 aliphatic carbocycles. The Morgan fingerprint density at radius 1 is 0.921 bits per heavy atom. The molecule has 0 atom stereocenters. The maximum absolute atomic E-state index is 13.5. The number of carbonyl (C=O) groups is 2. The summed E-state index contributed by atoms with van der Waals surface area (Å²) in [7, 11) is 3.32. The fourth-order valence-electron chi connectivity index (χ4n) is 5.59. The van der Waals surface area contributed by atoms with E-state index in [4.69, 9.17) is 14.2 Å². The fraction of sp³-hybridized carbons (Fsp3) is 0.533. The van der Waals surface area contributed by atoms with Crippen molar-refractivity contribution in [3.63, 3.8) is 0 Å². The number of hydrogen-bond acceptors (Lipinski definition) is 6. The monoisotopic (exact) mass is 523 g/mol. The van der Waals surface area contributed by atoms with Gasteiger partial charge in [0, 0.05) is 25.2 Å². The van der Waals surface area contributed by atoms with Gasteiger partial charge in [0.2, 0.25) is 5.91 Å². The maximum Gasteiger partial charge on any atom is 0.255 e. The molecular weight excluding hydrogens is 482 g/mol. The summed E-state index contributed by atoms with van der Waals surface area (Å²) in [6, 6.07) is 11.6. The highest BCUT2D eigenvalue weighted by molar-refractivity contribution is 5.97. The van der Waals surface area contributed by atoms with Crippen LogP contribution in [0.2, 0.25) is 0 Å². The lowest BCUT2D eigenvalue weighted by Crippen LogP contribution is -2.49. The number of para-hydroxylation sites is 2. The second kappa shape index (κ2) is 13.0. The average molecular weight is 524 g/mol. The van der Waals surface area contributed by atoms with Crippen molar-refractivity contribution >= 4 is 11.8 Å². The van der Waals surface area contributed by atoms with Crippen molar-refractivity contribution in [3.05, 3.63) is 53.1 Å². The number of rotatable bonds is 4. The number of likely N-dealkylation sites (tertiary alicyclic amines) is 1. The molecule has 4 rings (SSSR count). The Kier molecular flexibility index (Phi) is 9.50. The van der Waals surface area contributed by atoms with Crippen LogP contribution in [-0.4, -0.2) is 63.7 Å². The molecule has 8 heteroatoms. The van der Waals surface area contributed by atoms with Crippen LogP contribution in [0.5, 0.6) is 17.2 Å². The number of amides is 2. The van der Waals surface area contributed by atoms with Gasteiger partial charge in [-0.25, -0.2) is 0 Å². The number of methoxy groups -OCH3 is 2. The van der Waals surface area contributed by atoms with E-state index in [1.165, 1.54) is 0 Å². The molecule has 206 valence electrons. The molecule has 0 saturated carbocycles. The van der Waals surface area contributed by atoms with E-state index >= 15 is 0 Å². The highest BCUT2D eigenvalue weighted by Gasteiger charge is 2.40. The molecule has 1 spiro atoms. The van der Waals surface area contributed by atoms with Gasteiger partial charge in [0.25, 0.3) is 5.91 Å². The molecule has 0 radical (unpaired) electrons. The summed E-state index contributed by atoms with van der Waals surface area (Å²) in [4.78, 5) is 28.7. The summed E-state index contributed by atoms with van der Waals surface area (Å²) in [6.07, 6.45) is 4.81. The van der Waals surface area contributed by atoms with Crippen molar-refractivity contribution in [2.75, 3.05) is 47.0 Å². The van der Waals surface area contributed by atoms with Gasteiger partial charge in [-0.05, 0) is 69.8 Å². The van der Waals surface area contributed by atoms with Gasteiger partial charge >= 0.3 is 0 Å². The number of carbonyl (C=O) groups excluding carboxylic acids is 2. The number of benzene rings is 2. The van der Waals surface area contributed by atoms with Gasteiger partial charge in [0.15, 0.2) is 11.5 Å². The van der Waals surface area contributed by atoms with Crippen LogP contribution in [0.4, 0.5) is 0 Å². The molecule has 2 aliphatic heterocycles. The molecule has 2 heterocycles. The summed E-state index contributed by atoms with van der Waals surface area (Å²) in [5.41, 5.74) is 2.20. The van der Waals surface area contributed by atoms with E-state index in [1.807, 2.05) is 31.2 Å². The molecule has 2 aromatic carbocycles. The van der Waals surface area contributed by atoms with E-state index in [2.05, 4.69) is 21.6 Å². The zero-order chi connectivity index (χ0) is 27.0. The Hall–Kier alpha value is -3.26. The molecule has 2 aliphatic rings. The SMILES string of the molecule is COc1cccc(CN2CCC3(CCCCNC(=O)c4cccc(C)c4OCCCNC3=O)CC2)c1OC. The van der Waals surface area contributed by atoms with Crippen molar-refractivity contribution in [2.24, 2.45) is 5.41 Å². The first kappa shape index (κ1) is 27.8. The van der Waals surface area contributed by atoms with Crippen LogP contribution in [0.25, 0.3) is 0 Å². The summed E-state index contributed by atoms with van der Waals surface area (Å²) in [5, 5.41) is 6.24. The lowest BCUT2D eigenvalue weighted by Gasteiger charge is -2.41. The largest absolute Gasteiger partial charge is 0.493 e.